The molecule has 0 fully saturated rings. The standard InChI is InChI=1S/C20H12N2O5/c23-18-14-9-4-5-10-15(14)19(24)22(18)27-20(25)17-16(11-6-12-21-17)26-13-7-2-1-3-8-13/h1-12H. The summed E-state index contributed by atoms with van der Waals surface area (Å²) in [7, 11) is 0. The predicted octanol–water partition coefficient (Wildman–Crippen LogP) is 3.24. The van der Waals surface area contributed by atoms with Crippen LogP contribution in [-0.4, -0.2) is 27.8 Å². The van der Waals surface area contributed by atoms with Crippen molar-refractivity contribution in [3.8, 4) is 11.5 Å². The highest BCUT2D eigenvalue weighted by Gasteiger charge is 2.39. The molecule has 0 saturated carbocycles. The second kappa shape index (κ2) is 6.72. The van der Waals surface area contributed by atoms with Crippen LogP contribution < -0.4 is 4.74 Å². The van der Waals surface area contributed by atoms with Crippen LogP contribution in [0.2, 0.25) is 0 Å². The second-order valence-electron chi connectivity index (χ2n) is 5.59. The summed E-state index contributed by atoms with van der Waals surface area (Å²) >= 11 is 0. The highest BCUT2D eigenvalue weighted by Crippen LogP contribution is 2.27. The number of hydroxylamine groups is 2. The summed E-state index contributed by atoms with van der Waals surface area (Å²) in [4.78, 5) is 46.2. The molecule has 2 amide bonds. The molecule has 3 aromatic rings. The van der Waals surface area contributed by atoms with Gasteiger partial charge in [-0.05, 0) is 36.4 Å². The number of para-hydroxylation sites is 1. The summed E-state index contributed by atoms with van der Waals surface area (Å²) in [5.74, 6) is -1.74. The smallest absolute Gasteiger partial charge is 0.385 e. The second-order valence-corrected chi connectivity index (χ2v) is 5.59. The molecule has 1 aliphatic rings. The van der Waals surface area contributed by atoms with Crippen molar-refractivity contribution in [2.45, 2.75) is 0 Å². The van der Waals surface area contributed by atoms with Gasteiger partial charge in [0.15, 0.2) is 11.4 Å². The van der Waals surface area contributed by atoms with Gasteiger partial charge in [0.2, 0.25) is 0 Å². The van der Waals surface area contributed by atoms with E-state index < -0.39 is 17.8 Å². The van der Waals surface area contributed by atoms with E-state index in [1.165, 1.54) is 18.3 Å². The minimum absolute atomic E-state index is 0.144. The molecule has 0 spiro atoms. The Hall–Kier alpha value is -4.00. The van der Waals surface area contributed by atoms with Gasteiger partial charge in [0.1, 0.15) is 5.75 Å². The molecule has 2 aromatic carbocycles. The number of rotatable bonds is 4. The number of nitrogens with zero attached hydrogens (tertiary/aromatic N) is 2. The van der Waals surface area contributed by atoms with E-state index in [2.05, 4.69) is 4.98 Å². The zero-order valence-electron chi connectivity index (χ0n) is 13.9. The van der Waals surface area contributed by atoms with Crippen LogP contribution in [0, 0.1) is 0 Å². The van der Waals surface area contributed by atoms with Crippen molar-refractivity contribution in [1.29, 1.82) is 0 Å². The Morgan fingerprint density at radius 1 is 0.815 bits per heavy atom. The lowest BCUT2D eigenvalue weighted by Gasteiger charge is -2.14. The van der Waals surface area contributed by atoms with E-state index in [1.54, 1.807) is 48.5 Å². The van der Waals surface area contributed by atoms with Gasteiger partial charge in [-0.3, -0.25) is 9.59 Å². The normalized spacial score (nSPS) is 12.7. The number of imide groups is 1. The van der Waals surface area contributed by atoms with Gasteiger partial charge in [0.05, 0.1) is 11.1 Å². The fourth-order valence-electron chi connectivity index (χ4n) is 2.62. The van der Waals surface area contributed by atoms with Crippen LogP contribution >= 0.6 is 0 Å². The molecule has 7 heteroatoms. The van der Waals surface area contributed by atoms with Gasteiger partial charge < -0.3 is 9.57 Å². The van der Waals surface area contributed by atoms with Crippen LogP contribution in [0.5, 0.6) is 11.5 Å². The number of hydrogen-bond donors (Lipinski definition) is 0. The predicted molar refractivity (Wildman–Crippen MR) is 93.1 cm³/mol. The number of benzene rings is 2. The first-order valence-electron chi connectivity index (χ1n) is 8.03. The van der Waals surface area contributed by atoms with Crippen molar-refractivity contribution in [3.63, 3.8) is 0 Å². The molecule has 4 rings (SSSR count). The van der Waals surface area contributed by atoms with Crippen molar-refractivity contribution in [3.05, 3.63) is 89.7 Å². The number of carbonyl (C=O) groups is 3. The van der Waals surface area contributed by atoms with E-state index in [-0.39, 0.29) is 22.6 Å². The monoisotopic (exact) mass is 360 g/mol. The molecule has 7 nitrogen and oxygen atoms in total. The van der Waals surface area contributed by atoms with Crippen LogP contribution in [0.3, 0.4) is 0 Å². The third kappa shape index (κ3) is 3.02. The zero-order valence-corrected chi connectivity index (χ0v) is 13.9. The summed E-state index contributed by atoms with van der Waals surface area (Å²) < 4.78 is 5.66. The Balaban J connectivity index is 1.58. The molecule has 0 aliphatic carbocycles. The maximum Gasteiger partial charge on any atom is 0.385 e. The van der Waals surface area contributed by atoms with Crippen LogP contribution in [0.25, 0.3) is 0 Å². The van der Waals surface area contributed by atoms with Gasteiger partial charge in [-0.2, -0.15) is 0 Å². The maximum absolute atomic E-state index is 12.5. The summed E-state index contributed by atoms with van der Waals surface area (Å²) in [5, 5.41) is 0.438. The summed E-state index contributed by atoms with van der Waals surface area (Å²) in [6.45, 7) is 0. The minimum atomic E-state index is -0.976. The van der Waals surface area contributed by atoms with Crippen LogP contribution in [-0.2, 0) is 4.84 Å². The molecule has 0 saturated heterocycles. The van der Waals surface area contributed by atoms with Crippen molar-refractivity contribution >= 4 is 17.8 Å². The van der Waals surface area contributed by atoms with Gasteiger partial charge in [-0.25, -0.2) is 9.78 Å². The quantitative estimate of drug-likeness (QED) is 0.664. The maximum atomic E-state index is 12.5. The third-order valence-electron chi connectivity index (χ3n) is 3.87. The molecule has 1 aromatic heterocycles. The van der Waals surface area contributed by atoms with Crippen molar-refractivity contribution < 1.29 is 24.0 Å². The van der Waals surface area contributed by atoms with Crippen molar-refractivity contribution in [1.82, 2.24) is 10.0 Å². The lowest BCUT2D eigenvalue weighted by molar-refractivity contribution is -0.0590. The van der Waals surface area contributed by atoms with Crippen molar-refractivity contribution in [2.24, 2.45) is 0 Å². The highest BCUT2D eigenvalue weighted by molar-refractivity contribution is 6.21. The first-order chi connectivity index (χ1) is 13.1. The van der Waals surface area contributed by atoms with E-state index in [0.717, 1.165) is 0 Å². The fraction of sp³-hybridized carbons (Fsp3) is 0. The van der Waals surface area contributed by atoms with E-state index in [1.807, 2.05) is 6.07 Å². The number of aromatic nitrogens is 1. The molecular formula is C20H12N2O5. The fourth-order valence-corrected chi connectivity index (χ4v) is 2.62. The SMILES string of the molecule is O=C(ON1C(=O)c2ccccc2C1=O)c1ncccc1Oc1ccccc1. The van der Waals surface area contributed by atoms with Gasteiger partial charge in [0, 0.05) is 6.20 Å². The number of amides is 2. The molecule has 2 heterocycles. The molecule has 0 atom stereocenters. The van der Waals surface area contributed by atoms with Crippen LogP contribution in [0.4, 0.5) is 0 Å². The van der Waals surface area contributed by atoms with Crippen LogP contribution in [0.1, 0.15) is 31.2 Å². The van der Waals surface area contributed by atoms with E-state index >= 15 is 0 Å². The Kier molecular flexibility index (Phi) is 4.10. The lowest BCUT2D eigenvalue weighted by Crippen LogP contribution is -2.33. The summed E-state index contributed by atoms with van der Waals surface area (Å²) in [6, 6.07) is 18.2. The average molecular weight is 360 g/mol. The minimum Gasteiger partial charge on any atom is -0.455 e. The Labute approximate surface area is 153 Å². The van der Waals surface area contributed by atoms with E-state index in [9.17, 15) is 14.4 Å². The first kappa shape index (κ1) is 16.5. The van der Waals surface area contributed by atoms with E-state index in [0.29, 0.717) is 10.8 Å². The largest absolute Gasteiger partial charge is 0.455 e. The van der Waals surface area contributed by atoms with Gasteiger partial charge in [0.25, 0.3) is 11.8 Å². The third-order valence-corrected chi connectivity index (χ3v) is 3.87. The van der Waals surface area contributed by atoms with Gasteiger partial charge in [-0.1, -0.05) is 35.4 Å². The number of hydrogen-bond acceptors (Lipinski definition) is 6. The Bertz CT molecular complexity index is 1010. The topological polar surface area (TPSA) is 85.8 Å². The molecule has 1 aliphatic heterocycles. The first-order valence-corrected chi connectivity index (χ1v) is 8.03. The lowest BCUT2D eigenvalue weighted by atomic mass is 10.1. The molecule has 132 valence electrons. The molecule has 27 heavy (non-hydrogen) atoms. The Morgan fingerprint density at radius 2 is 1.44 bits per heavy atom. The zero-order chi connectivity index (χ0) is 18.8. The van der Waals surface area contributed by atoms with Crippen LogP contribution in [0.15, 0.2) is 72.9 Å². The van der Waals surface area contributed by atoms with Gasteiger partial charge in [-0.15, -0.1) is 0 Å². The summed E-state index contributed by atoms with van der Waals surface area (Å²) in [5.41, 5.74) is 0.201. The number of pyridine rings is 1. The molecule has 0 radical (unpaired) electrons. The van der Waals surface area contributed by atoms with Crippen molar-refractivity contribution in [2.75, 3.05) is 0 Å². The molecule has 0 bridgehead atoms. The Morgan fingerprint density at radius 3 is 2.11 bits per heavy atom. The summed E-state index contributed by atoms with van der Waals surface area (Å²) in [6.07, 6.45) is 1.39. The number of fused-ring (bicyclic) bond motifs is 1. The molecule has 0 unspecified atom stereocenters. The number of carbonyl (C=O) groups excluding carboxylic acids is 3. The molecular weight excluding hydrogens is 348 g/mol. The molecule has 0 N–H and O–H groups in total. The highest BCUT2D eigenvalue weighted by atomic mass is 16.7. The van der Waals surface area contributed by atoms with Gasteiger partial charge >= 0.3 is 5.97 Å². The number of ether oxygens (including phenoxy) is 1. The van der Waals surface area contributed by atoms with E-state index in [4.69, 9.17) is 9.57 Å². The average Bonchev–Trinajstić information content (AvgIpc) is 2.94.